The first-order chi connectivity index (χ1) is 5.83. The van der Waals surface area contributed by atoms with Gasteiger partial charge in [-0.1, -0.05) is 13.8 Å². The molecule has 0 amide bonds. The lowest BCUT2D eigenvalue weighted by Crippen LogP contribution is -2.38. The molecule has 1 atom stereocenters. The molecule has 0 aliphatic carbocycles. The molecule has 0 radical (unpaired) electrons. The number of alkyl halides is 3. The smallest absolute Gasteiger partial charge is 0.326 e. The van der Waals surface area contributed by atoms with Crippen molar-refractivity contribution in [2.75, 3.05) is 13.1 Å². The van der Waals surface area contributed by atoms with Crippen LogP contribution in [0.15, 0.2) is 0 Å². The minimum Gasteiger partial charge on any atom is -0.326 e. The molecule has 2 nitrogen and oxygen atoms in total. The van der Waals surface area contributed by atoms with Crippen LogP contribution in [0.25, 0.3) is 0 Å². The van der Waals surface area contributed by atoms with Gasteiger partial charge < -0.3 is 11.1 Å². The van der Waals surface area contributed by atoms with Crippen molar-refractivity contribution in [3.05, 3.63) is 0 Å². The van der Waals surface area contributed by atoms with Gasteiger partial charge in [0.2, 0.25) is 0 Å². The molecule has 0 rings (SSSR count). The highest BCUT2D eigenvalue weighted by Crippen LogP contribution is 2.18. The largest absolute Gasteiger partial charge is 0.390 e. The zero-order valence-corrected chi connectivity index (χ0v) is 7.99. The van der Waals surface area contributed by atoms with E-state index in [4.69, 9.17) is 5.73 Å². The quantitative estimate of drug-likeness (QED) is 0.657. The number of hydrogen-bond acceptors (Lipinski definition) is 2. The van der Waals surface area contributed by atoms with Crippen molar-refractivity contribution in [1.29, 1.82) is 0 Å². The molecular weight excluding hydrogens is 181 g/mol. The van der Waals surface area contributed by atoms with Crippen LogP contribution in [-0.4, -0.2) is 25.3 Å². The summed E-state index contributed by atoms with van der Waals surface area (Å²) in [6.45, 7) is 4.27. The van der Waals surface area contributed by atoms with Crippen molar-refractivity contribution in [2.45, 2.75) is 32.5 Å². The fourth-order valence-electron chi connectivity index (χ4n) is 0.735. The van der Waals surface area contributed by atoms with E-state index >= 15 is 0 Å². The molecule has 0 saturated heterocycles. The third-order valence-electron chi connectivity index (χ3n) is 1.82. The number of nitrogens with two attached hydrogens (primary N) is 1. The summed E-state index contributed by atoms with van der Waals surface area (Å²) in [4.78, 5) is 0. The Kier molecular flexibility index (Phi) is 5.32. The van der Waals surface area contributed by atoms with Crippen LogP contribution in [0.1, 0.15) is 20.3 Å². The molecule has 0 bridgehead atoms. The minimum absolute atomic E-state index is 0.0517. The van der Waals surface area contributed by atoms with Crippen molar-refractivity contribution < 1.29 is 13.2 Å². The Morgan fingerprint density at radius 1 is 1.31 bits per heavy atom. The van der Waals surface area contributed by atoms with E-state index in [2.05, 4.69) is 5.32 Å². The van der Waals surface area contributed by atoms with Gasteiger partial charge in [-0.2, -0.15) is 13.2 Å². The lowest BCUT2D eigenvalue weighted by atomic mass is 10.1. The highest BCUT2D eigenvalue weighted by Gasteiger charge is 2.26. The van der Waals surface area contributed by atoms with Gasteiger partial charge in [-0.3, -0.25) is 0 Å². The topological polar surface area (TPSA) is 38.0 Å². The zero-order valence-electron chi connectivity index (χ0n) is 7.99. The van der Waals surface area contributed by atoms with Gasteiger partial charge in [-0.25, -0.2) is 0 Å². The Balaban J connectivity index is 3.36. The van der Waals surface area contributed by atoms with Crippen LogP contribution in [-0.2, 0) is 0 Å². The summed E-state index contributed by atoms with van der Waals surface area (Å²) in [7, 11) is 0. The summed E-state index contributed by atoms with van der Waals surface area (Å²) in [6, 6.07) is -0.0757. The van der Waals surface area contributed by atoms with Crippen molar-refractivity contribution in [3.8, 4) is 0 Å². The van der Waals surface area contributed by atoms with Gasteiger partial charge in [0, 0.05) is 19.1 Å². The van der Waals surface area contributed by atoms with Gasteiger partial charge in [-0.15, -0.1) is 0 Å². The number of halogens is 3. The second kappa shape index (κ2) is 5.44. The Labute approximate surface area is 76.7 Å². The molecule has 0 heterocycles. The third-order valence-corrected chi connectivity index (χ3v) is 1.82. The first kappa shape index (κ1) is 12.7. The molecule has 5 heteroatoms. The molecular formula is C8H17F3N2. The van der Waals surface area contributed by atoms with E-state index in [1.165, 1.54) is 0 Å². The maximum atomic E-state index is 11.7. The summed E-state index contributed by atoms with van der Waals surface area (Å²) in [5.74, 6) is 0.290. The molecule has 0 spiro atoms. The van der Waals surface area contributed by atoms with Crippen molar-refractivity contribution in [1.82, 2.24) is 5.32 Å². The second-order valence-corrected chi connectivity index (χ2v) is 3.48. The Morgan fingerprint density at radius 3 is 2.23 bits per heavy atom. The average Bonchev–Trinajstić information content (AvgIpc) is 1.95. The molecule has 1 unspecified atom stereocenters. The Bertz CT molecular complexity index is 134. The van der Waals surface area contributed by atoms with E-state index in [9.17, 15) is 13.2 Å². The average molecular weight is 198 g/mol. The van der Waals surface area contributed by atoms with Crippen molar-refractivity contribution >= 4 is 0 Å². The molecule has 0 aromatic carbocycles. The van der Waals surface area contributed by atoms with Gasteiger partial charge >= 0.3 is 6.18 Å². The zero-order chi connectivity index (χ0) is 10.5. The van der Waals surface area contributed by atoms with Crippen molar-refractivity contribution in [2.24, 2.45) is 11.7 Å². The summed E-state index contributed by atoms with van der Waals surface area (Å²) in [5, 5.41) is 2.68. The predicted octanol–water partition coefficient (Wildman–Crippen LogP) is 1.51. The van der Waals surface area contributed by atoms with Crippen LogP contribution in [0.4, 0.5) is 13.2 Å². The minimum atomic E-state index is -4.07. The lowest BCUT2D eigenvalue weighted by Gasteiger charge is -2.16. The standard InChI is InChI=1S/C8H17F3N2/c1-6(2)7(12)5-13-4-3-8(9,10)11/h6-7,13H,3-5,12H2,1-2H3. The third kappa shape index (κ3) is 8.05. The summed E-state index contributed by atoms with van der Waals surface area (Å²) in [6.07, 6.45) is -4.87. The van der Waals surface area contributed by atoms with E-state index < -0.39 is 12.6 Å². The maximum Gasteiger partial charge on any atom is 0.390 e. The molecule has 80 valence electrons. The molecule has 0 aromatic rings. The van der Waals surface area contributed by atoms with E-state index in [0.717, 1.165) is 0 Å². The maximum absolute atomic E-state index is 11.7. The lowest BCUT2D eigenvalue weighted by molar-refractivity contribution is -0.133. The highest BCUT2D eigenvalue weighted by atomic mass is 19.4. The predicted molar refractivity (Wildman–Crippen MR) is 46.4 cm³/mol. The van der Waals surface area contributed by atoms with Crippen LogP contribution in [0, 0.1) is 5.92 Å². The summed E-state index contributed by atoms with van der Waals surface area (Å²) < 4.78 is 35.0. The molecule has 13 heavy (non-hydrogen) atoms. The first-order valence-electron chi connectivity index (χ1n) is 4.36. The molecule has 0 fully saturated rings. The number of hydrogen-bond donors (Lipinski definition) is 2. The fourth-order valence-corrected chi connectivity index (χ4v) is 0.735. The monoisotopic (exact) mass is 198 g/mol. The summed E-state index contributed by atoms with van der Waals surface area (Å²) >= 11 is 0. The van der Waals surface area contributed by atoms with Gasteiger partial charge in [0.05, 0.1) is 6.42 Å². The Hall–Kier alpha value is -0.290. The molecule has 0 aromatic heterocycles. The van der Waals surface area contributed by atoms with E-state index in [1.54, 1.807) is 0 Å². The van der Waals surface area contributed by atoms with E-state index in [0.29, 0.717) is 12.5 Å². The number of nitrogens with one attached hydrogen (secondary N) is 1. The van der Waals surface area contributed by atoms with E-state index in [1.807, 2.05) is 13.8 Å². The van der Waals surface area contributed by atoms with Crippen LogP contribution in [0.5, 0.6) is 0 Å². The molecule has 0 aliphatic heterocycles. The summed E-state index contributed by atoms with van der Waals surface area (Å²) in [5.41, 5.74) is 5.62. The first-order valence-corrected chi connectivity index (χ1v) is 4.36. The highest BCUT2D eigenvalue weighted by molar-refractivity contribution is 4.68. The van der Waals surface area contributed by atoms with Gasteiger partial charge in [-0.05, 0) is 5.92 Å². The van der Waals surface area contributed by atoms with Crippen molar-refractivity contribution in [3.63, 3.8) is 0 Å². The fraction of sp³-hybridized carbons (Fsp3) is 1.00. The van der Waals surface area contributed by atoms with Gasteiger partial charge in [0.15, 0.2) is 0 Å². The molecule has 0 aliphatic rings. The van der Waals surface area contributed by atoms with Gasteiger partial charge in [0.1, 0.15) is 0 Å². The number of rotatable bonds is 5. The van der Waals surface area contributed by atoms with Crippen LogP contribution in [0.3, 0.4) is 0 Å². The normalized spacial score (nSPS) is 15.0. The second-order valence-electron chi connectivity index (χ2n) is 3.48. The Morgan fingerprint density at radius 2 is 1.85 bits per heavy atom. The van der Waals surface area contributed by atoms with Crippen LogP contribution >= 0.6 is 0 Å². The molecule has 3 N–H and O–H groups in total. The van der Waals surface area contributed by atoms with Crippen LogP contribution in [0.2, 0.25) is 0 Å². The van der Waals surface area contributed by atoms with Gasteiger partial charge in [0.25, 0.3) is 0 Å². The van der Waals surface area contributed by atoms with E-state index in [-0.39, 0.29) is 12.6 Å². The van der Waals surface area contributed by atoms with Crippen LogP contribution < -0.4 is 11.1 Å². The SMILES string of the molecule is CC(C)C(N)CNCCC(F)(F)F. The molecule has 0 saturated carbocycles.